The first-order valence-electron chi connectivity index (χ1n) is 8.41. The highest BCUT2D eigenvalue weighted by Gasteiger charge is 2.19. The predicted octanol–water partition coefficient (Wildman–Crippen LogP) is 4.01. The van der Waals surface area contributed by atoms with Crippen LogP contribution in [0.4, 0.5) is 0 Å². The number of ether oxygens (including phenoxy) is 2. The van der Waals surface area contributed by atoms with Crippen molar-refractivity contribution in [3.05, 3.63) is 84.3 Å². The highest BCUT2D eigenvalue weighted by molar-refractivity contribution is 5.92. The first-order chi connectivity index (χ1) is 12.7. The molecule has 0 saturated carbocycles. The average molecular weight is 351 g/mol. The van der Waals surface area contributed by atoms with Gasteiger partial charge in [0.1, 0.15) is 24.7 Å². The lowest BCUT2D eigenvalue weighted by Gasteiger charge is -2.17. The number of carbonyl (C=O) groups excluding carboxylic acids is 1. The summed E-state index contributed by atoms with van der Waals surface area (Å²) in [6, 6.07) is 20.7. The van der Waals surface area contributed by atoms with Crippen molar-refractivity contribution < 1.29 is 18.7 Å². The number of likely N-dealkylation sites (N-methyl/N-ethyl adjacent to an activating group) is 1. The molecule has 26 heavy (non-hydrogen) atoms. The van der Waals surface area contributed by atoms with Gasteiger partial charge in [-0.25, -0.2) is 0 Å². The Morgan fingerprint density at radius 1 is 0.923 bits per heavy atom. The van der Waals surface area contributed by atoms with E-state index in [1.807, 2.05) is 60.7 Å². The molecule has 0 bridgehead atoms. The number of nitrogens with zero attached hydrogens (tertiary/aromatic N) is 1. The summed E-state index contributed by atoms with van der Waals surface area (Å²) in [4.78, 5) is 14.2. The fraction of sp³-hybridized carbons (Fsp3) is 0.190. The molecule has 0 radical (unpaired) electrons. The second-order valence-electron chi connectivity index (χ2n) is 5.76. The third-order valence-electron chi connectivity index (χ3n) is 3.86. The Kier molecular flexibility index (Phi) is 5.93. The Hall–Kier alpha value is -3.21. The second kappa shape index (κ2) is 8.76. The van der Waals surface area contributed by atoms with Crippen LogP contribution in [-0.4, -0.2) is 31.0 Å². The molecule has 0 fully saturated rings. The van der Waals surface area contributed by atoms with Gasteiger partial charge >= 0.3 is 0 Å². The number of para-hydroxylation sites is 2. The maximum absolute atomic E-state index is 12.6. The Bertz CT molecular complexity index is 814. The molecule has 0 spiro atoms. The third-order valence-corrected chi connectivity index (χ3v) is 3.86. The third kappa shape index (κ3) is 4.66. The lowest BCUT2D eigenvalue weighted by molar-refractivity contribution is 0.0738. The molecule has 0 saturated heterocycles. The molecule has 1 heterocycles. The quantitative estimate of drug-likeness (QED) is 0.615. The van der Waals surface area contributed by atoms with Gasteiger partial charge in [-0.1, -0.05) is 36.4 Å². The molecule has 3 aromatic rings. The Labute approximate surface area is 152 Å². The van der Waals surface area contributed by atoms with E-state index < -0.39 is 0 Å². The molecule has 5 heteroatoms. The molecule has 1 aromatic heterocycles. The Morgan fingerprint density at radius 2 is 1.54 bits per heavy atom. The monoisotopic (exact) mass is 351 g/mol. The average Bonchev–Trinajstić information content (AvgIpc) is 3.16. The molecular weight excluding hydrogens is 330 g/mol. The highest BCUT2D eigenvalue weighted by atomic mass is 16.5. The van der Waals surface area contributed by atoms with Crippen molar-refractivity contribution >= 4 is 5.91 Å². The van der Waals surface area contributed by atoms with Crippen molar-refractivity contribution in [2.24, 2.45) is 0 Å². The molecule has 5 nitrogen and oxygen atoms in total. The molecule has 0 aliphatic heterocycles. The van der Waals surface area contributed by atoms with Crippen LogP contribution < -0.4 is 9.47 Å². The fourth-order valence-electron chi connectivity index (χ4n) is 2.41. The zero-order chi connectivity index (χ0) is 18.2. The van der Waals surface area contributed by atoms with Crippen LogP contribution in [0, 0.1) is 0 Å². The van der Waals surface area contributed by atoms with Crippen LogP contribution >= 0.6 is 0 Å². The number of carbonyl (C=O) groups is 1. The Balaban J connectivity index is 1.53. The molecule has 0 N–H and O–H groups in total. The largest absolute Gasteiger partial charge is 0.492 e. The van der Waals surface area contributed by atoms with Crippen LogP contribution in [0.25, 0.3) is 0 Å². The van der Waals surface area contributed by atoms with Gasteiger partial charge in [-0.2, -0.15) is 0 Å². The SMILES string of the molecule is CN(CCOc1ccccc1)C(=O)c1occc1COc1ccccc1. The van der Waals surface area contributed by atoms with Crippen LogP contribution in [0.5, 0.6) is 11.5 Å². The van der Waals surface area contributed by atoms with E-state index in [9.17, 15) is 4.79 Å². The van der Waals surface area contributed by atoms with E-state index in [2.05, 4.69) is 0 Å². The topological polar surface area (TPSA) is 51.9 Å². The van der Waals surface area contributed by atoms with Gasteiger partial charge in [0.25, 0.3) is 5.91 Å². The van der Waals surface area contributed by atoms with Gasteiger partial charge in [-0.05, 0) is 30.3 Å². The van der Waals surface area contributed by atoms with Gasteiger partial charge in [-0.15, -0.1) is 0 Å². The minimum Gasteiger partial charge on any atom is -0.492 e. The normalized spacial score (nSPS) is 10.3. The van der Waals surface area contributed by atoms with Crippen LogP contribution in [0.15, 0.2) is 77.4 Å². The molecular formula is C21H21NO4. The maximum Gasteiger partial charge on any atom is 0.289 e. The molecule has 0 unspecified atom stereocenters. The summed E-state index contributed by atoms with van der Waals surface area (Å²) < 4.78 is 16.7. The van der Waals surface area contributed by atoms with E-state index in [0.717, 1.165) is 17.1 Å². The van der Waals surface area contributed by atoms with Crippen molar-refractivity contribution in [1.29, 1.82) is 0 Å². The number of amides is 1. The minimum atomic E-state index is -0.196. The van der Waals surface area contributed by atoms with Gasteiger partial charge in [0.15, 0.2) is 5.76 Å². The smallest absolute Gasteiger partial charge is 0.289 e. The molecule has 0 atom stereocenters. The number of rotatable bonds is 8. The molecule has 134 valence electrons. The van der Waals surface area contributed by atoms with Crippen molar-refractivity contribution in [2.75, 3.05) is 20.2 Å². The lowest BCUT2D eigenvalue weighted by Crippen LogP contribution is -2.31. The summed E-state index contributed by atoms with van der Waals surface area (Å²) in [6.45, 7) is 1.13. The van der Waals surface area contributed by atoms with Crippen LogP contribution in [0.1, 0.15) is 16.1 Å². The molecule has 0 aliphatic carbocycles. The van der Waals surface area contributed by atoms with E-state index in [1.54, 1.807) is 18.0 Å². The van der Waals surface area contributed by atoms with Crippen molar-refractivity contribution in [3.8, 4) is 11.5 Å². The van der Waals surface area contributed by atoms with E-state index in [1.165, 1.54) is 6.26 Å². The second-order valence-corrected chi connectivity index (χ2v) is 5.76. The van der Waals surface area contributed by atoms with Gasteiger partial charge < -0.3 is 18.8 Å². The number of hydrogen-bond acceptors (Lipinski definition) is 4. The van der Waals surface area contributed by atoms with E-state index in [4.69, 9.17) is 13.9 Å². The van der Waals surface area contributed by atoms with Gasteiger partial charge in [0.2, 0.25) is 0 Å². The lowest BCUT2D eigenvalue weighted by atomic mass is 10.2. The molecule has 3 rings (SSSR count). The summed E-state index contributed by atoms with van der Waals surface area (Å²) in [5.74, 6) is 1.63. The van der Waals surface area contributed by atoms with Crippen molar-refractivity contribution in [3.63, 3.8) is 0 Å². The molecule has 0 aliphatic rings. The van der Waals surface area contributed by atoms with Gasteiger partial charge in [0.05, 0.1) is 12.8 Å². The minimum absolute atomic E-state index is 0.196. The van der Waals surface area contributed by atoms with Crippen molar-refractivity contribution in [2.45, 2.75) is 6.61 Å². The zero-order valence-electron chi connectivity index (χ0n) is 14.6. The zero-order valence-corrected chi connectivity index (χ0v) is 14.6. The van der Waals surface area contributed by atoms with E-state index >= 15 is 0 Å². The van der Waals surface area contributed by atoms with Crippen LogP contribution in [0.2, 0.25) is 0 Å². The number of hydrogen-bond donors (Lipinski definition) is 0. The first-order valence-corrected chi connectivity index (χ1v) is 8.41. The number of furan rings is 1. The van der Waals surface area contributed by atoms with Crippen LogP contribution in [0.3, 0.4) is 0 Å². The van der Waals surface area contributed by atoms with E-state index in [-0.39, 0.29) is 12.5 Å². The number of benzene rings is 2. The highest BCUT2D eigenvalue weighted by Crippen LogP contribution is 2.17. The fourth-order valence-corrected chi connectivity index (χ4v) is 2.41. The Morgan fingerprint density at radius 3 is 2.19 bits per heavy atom. The van der Waals surface area contributed by atoms with Gasteiger partial charge in [-0.3, -0.25) is 4.79 Å². The summed E-state index contributed by atoms with van der Waals surface area (Å²) >= 11 is 0. The predicted molar refractivity (Wildman–Crippen MR) is 98.4 cm³/mol. The first kappa shape index (κ1) is 17.6. The van der Waals surface area contributed by atoms with E-state index in [0.29, 0.717) is 18.9 Å². The van der Waals surface area contributed by atoms with Crippen molar-refractivity contribution in [1.82, 2.24) is 4.90 Å². The summed E-state index contributed by atoms with van der Waals surface area (Å²) in [5, 5.41) is 0. The molecule has 2 aromatic carbocycles. The summed E-state index contributed by atoms with van der Waals surface area (Å²) in [6.07, 6.45) is 1.51. The van der Waals surface area contributed by atoms with Gasteiger partial charge in [0, 0.05) is 12.6 Å². The molecule has 1 amide bonds. The summed E-state index contributed by atoms with van der Waals surface area (Å²) in [5.41, 5.74) is 0.717. The maximum atomic E-state index is 12.6. The summed E-state index contributed by atoms with van der Waals surface area (Å²) in [7, 11) is 1.72. The standard InChI is InChI=1S/C21H21NO4/c1-22(13-15-24-18-8-4-2-5-9-18)21(23)20-17(12-14-25-20)16-26-19-10-6-3-7-11-19/h2-12,14H,13,15-16H2,1H3. The van der Waals surface area contributed by atoms with Crippen LogP contribution in [-0.2, 0) is 6.61 Å².